The number of carbonyl (C=O) groups is 1. The number of nitro groups is 1. The van der Waals surface area contributed by atoms with Crippen LogP contribution in [-0.2, 0) is 9.31 Å². The molecule has 132 valence electrons. The van der Waals surface area contributed by atoms with Crippen LogP contribution >= 0.6 is 0 Å². The van der Waals surface area contributed by atoms with Gasteiger partial charge in [-0.3, -0.25) is 14.9 Å². The van der Waals surface area contributed by atoms with E-state index in [4.69, 9.17) is 14.0 Å². The van der Waals surface area contributed by atoms with E-state index < -0.39 is 17.6 Å². The molecule has 0 atom stereocenters. The Hall–Kier alpha value is -3.13. The SMILES string of the molecule is C=C1OB(c2cc(Oc3ccc([N+](=O)[O-])cc3)ccc2C=O)OC1(C)C. The number of rotatable bonds is 5. The highest BCUT2D eigenvalue weighted by Crippen LogP contribution is 2.30. The van der Waals surface area contributed by atoms with Crippen LogP contribution < -0.4 is 10.2 Å². The number of nitro benzene ring substituents is 1. The minimum absolute atomic E-state index is 0.0251. The van der Waals surface area contributed by atoms with E-state index in [2.05, 4.69) is 6.58 Å². The largest absolute Gasteiger partial charge is 0.564 e. The Kier molecular flexibility index (Phi) is 4.52. The number of hydrogen-bond donors (Lipinski definition) is 0. The summed E-state index contributed by atoms with van der Waals surface area (Å²) in [5, 5.41) is 10.7. The van der Waals surface area contributed by atoms with Crippen LogP contribution in [0.5, 0.6) is 11.5 Å². The minimum Gasteiger partial charge on any atom is -0.534 e. The van der Waals surface area contributed by atoms with Crippen LogP contribution in [0.2, 0.25) is 0 Å². The molecule has 0 unspecified atom stereocenters. The van der Waals surface area contributed by atoms with Crippen molar-refractivity contribution in [2.45, 2.75) is 19.4 Å². The van der Waals surface area contributed by atoms with Crippen molar-refractivity contribution in [2.24, 2.45) is 0 Å². The molecular formula is C18H16BNO6. The van der Waals surface area contributed by atoms with Gasteiger partial charge in [-0.05, 0) is 44.2 Å². The molecule has 1 saturated heterocycles. The average Bonchev–Trinajstić information content (AvgIpc) is 2.88. The maximum atomic E-state index is 11.4. The van der Waals surface area contributed by atoms with Crippen LogP contribution in [0.15, 0.2) is 54.8 Å². The highest BCUT2D eigenvalue weighted by atomic mass is 16.7. The Labute approximate surface area is 150 Å². The lowest BCUT2D eigenvalue weighted by molar-refractivity contribution is -0.384. The second-order valence-electron chi connectivity index (χ2n) is 6.26. The molecule has 0 aliphatic carbocycles. The van der Waals surface area contributed by atoms with Gasteiger partial charge in [-0.2, -0.15) is 0 Å². The highest BCUT2D eigenvalue weighted by Gasteiger charge is 2.43. The molecule has 2 aromatic carbocycles. The molecule has 1 aliphatic heterocycles. The van der Waals surface area contributed by atoms with Crippen LogP contribution in [0.1, 0.15) is 24.2 Å². The summed E-state index contributed by atoms with van der Waals surface area (Å²) < 4.78 is 17.2. The summed E-state index contributed by atoms with van der Waals surface area (Å²) >= 11 is 0. The molecule has 3 rings (SSSR count). The molecule has 26 heavy (non-hydrogen) atoms. The van der Waals surface area contributed by atoms with Crippen molar-refractivity contribution in [3.8, 4) is 11.5 Å². The summed E-state index contributed by atoms with van der Waals surface area (Å²) in [7, 11) is -0.766. The maximum absolute atomic E-state index is 11.4. The quantitative estimate of drug-likeness (QED) is 0.355. The Bertz CT molecular complexity index is 878. The van der Waals surface area contributed by atoms with Crippen molar-refractivity contribution in [3.05, 3.63) is 70.5 Å². The number of ether oxygens (including phenoxy) is 1. The summed E-state index contributed by atoms with van der Waals surface area (Å²) in [6.07, 6.45) is 0.714. The summed E-state index contributed by atoms with van der Waals surface area (Å²) in [5.41, 5.74) is 0.241. The highest BCUT2D eigenvalue weighted by molar-refractivity contribution is 6.63. The molecule has 1 heterocycles. The van der Waals surface area contributed by atoms with Crippen LogP contribution in [-0.4, -0.2) is 23.9 Å². The number of carbonyl (C=O) groups excluding carboxylic acids is 1. The first kappa shape index (κ1) is 17.7. The average molecular weight is 353 g/mol. The van der Waals surface area contributed by atoms with Gasteiger partial charge in [-0.1, -0.05) is 6.58 Å². The minimum atomic E-state index is -0.766. The molecule has 2 aromatic rings. The van der Waals surface area contributed by atoms with E-state index in [0.717, 1.165) is 0 Å². The van der Waals surface area contributed by atoms with Gasteiger partial charge in [0.2, 0.25) is 0 Å². The van der Waals surface area contributed by atoms with Gasteiger partial charge in [0.1, 0.15) is 23.4 Å². The van der Waals surface area contributed by atoms with Crippen molar-refractivity contribution >= 4 is 24.6 Å². The zero-order valence-electron chi connectivity index (χ0n) is 14.3. The summed E-state index contributed by atoms with van der Waals surface area (Å²) in [6, 6.07) is 10.6. The first-order chi connectivity index (χ1) is 12.3. The Morgan fingerprint density at radius 3 is 2.38 bits per heavy atom. The fourth-order valence-electron chi connectivity index (χ4n) is 2.46. The Balaban J connectivity index is 1.87. The molecule has 7 nitrogen and oxygen atoms in total. The van der Waals surface area contributed by atoms with Crippen molar-refractivity contribution in [3.63, 3.8) is 0 Å². The molecule has 0 saturated carbocycles. The van der Waals surface area contributed by atoms with Gasteiger partial charge in [-0.15, -0.1) is 0 Å². The second-order valence-corrected chi connectivity index (χ2v) is 6.26. The molecule has 1 fully saturated rings. The standard InChI is InChI=1S/C18H16BNO6/c1-12-18(2,3)26-19(25-12)17-10-16(7-4-13(17)11-21)24-15-8-5-14(6-9-15)20(22)23/h4-11H,1H2,2-3H3. The van der Waals surface area contributed by atoms with E-state index in [9.17, 15) is 14.9 Å². The maximum Gasteiger partial charge on any atom is 0.564 e. The predicted octanol–water partition coefficient (Wildman–Crippen LogP) is 3.23. The number of aldehydes is 1. The third-order valence-corrected chi connectivity index (χ3v) is 4.04. The number of hydrogen-bond acceptors (Lipinski definition) is 6. The van der Waals surface area contributed by atoms with Crippen molar-refractivity contribution in [2.75, 3.05) is 0 Å². The van der Waals surface area contributed by atoms with Crippen molar-refractivity contribution < 1.29 is 23.8 Å². The van der Waals surface area contributed by atoms with Gasteiger partial charge in [-0.25, -0.2) is 0 Å². The summed E-state index contributed by atoms with van der Waals surface area (Å²) in [5.74, 6) is 1.35. The van der Waals surface area contributed by atoms with Gasteiger partial charge in [0, 0.05) is 23.2 Å². The third-order valence-electron chi connectivity index (χ3n) is 4.04. The normalized spacial score (nSPS) is 15.5. The zero-order valence-corrected chi connectivity index (χ0v) is 14.3. The van der Waals surface area contributed by atoms with Gasteiger partial charge in [0.05, 0.1) is 10.7 Å². The Morgan fingerprint density at radius 2 is 1.85 bits per heavy atom. The Morgan fingerprint density at radius 1 is 1.19 bits per heavy atom. The topological polar surface area (TPSA) is 87.9 Å². The van der Waals surface area contributed by atoms with Gasteiger partial charge in [0.25, 0.3) is 5.69 Å². The second kappa shape index (κ2) is 6.64. The number of non-ortho nitro benzene ring substituents is 1. The molecule has 0 aromatic heterocycles. The molecule has 0 N–H and O–H groups in total. The van der Waals surface area contributed by atoms with Crippen molar-refractivity contribution in [1.82, 2.24) is 0 Å². The molecule has 0 amide bonds. The smallest absolute Gasteiger partial charge is 0.534 e. The number of benzene rings is 2. The van der Waals surface area contributed by atoms with Gasteiger partial charge in [0.15, 0.2) is 0 Å². The van der Waals surface area contributed by atoms with Gasteiger partial charge < -0.3 is 14.0 Å². The monoisotopic (exact) mass is 353 g/mol. The van der Waals surface area contributed by atoms with Crippen LogP contribution in [0.25, 0.3) is 0 Å². The fraction of sp³-hybridized carbons (Fsp3) is 0.167. The lowest BCUT2D eigenvalue weighted by Crippen LogP contribution is -2.36. The van der Waals surface area contributed by atoms with E-state index in [1.54, 1.807) is 18.2 Å². The van der Waals surface area contributed by atoms with E-state index in [0.29, 0.717) is 34.6 Å². The van der Waals surface area contributed by atoms with E-state index in [1.165, 1.54) is 24.3 Å². The fourth-order valence-corrected chi connectivity index (χ4v) is 2.46. The van der Waals surface area contributed by atoms with Crippen LogP contribution in [0.3, 0.4) is 0 Å². The molecule has 0 bridgehead atoms. The zero-order chi connectivity index (χ0) is 18.9. The van der Waals surface area contributed by atoms with Crippen LogP contribution in [0, 0.1) is 10.1 Å². The molecule has 0 radical (unpaired) electrons. The first-order valence-corrected chi connectivity index (χ1v) is 7.85. The first-order valence-electron chi connectivity index (χ1n) is 7.85. The van der Waals surface area contributed by atoms with Gasteiger partial charge >= 0.3 is 7.12 Å². The molecular weight excluding hydrogens is 337 g/mol. The van der Waals surface area contributed by atoms with E-state index >= 15 is 0 Å². The summed E-state index contributed by atoms with van der Waals surface area (Å²) in [6.45, 7) is 7.48. The molecule has 1 aliphatic rings. The third kappa shape index (κ3) is 3.45. The van der Waals surface area contributed by atoms with Crippen molar-refractivity contribution in [1.29, 1.82) is 0 Å². The molecule has 8 heteroatoms. The number of nitrogens with zero attached hydrogens (tertiary/aromatic N) is 1. The lowest BCUT2D eigenvalue weighted by atomic mass is 9.76. The molecule has 0 spiro atoms. The van der Waals surface area contributed by atoms with Crippen LogP contribution in [0.4, 0.5) is 5.69 Å². The predicted molar refractivity (Wildman–Crippen MR) is 95.8 cm³/mol. The lowest BCUT2D eigenvalue weighted by Gasteiger charge is -2.16. The van der Waals surface area contributed by atoms with E-state index in [-0.39, 0.29) is 5.69 Å². The summed E-state index contributed by atoms with van der Waals surface area (Å²) in [4.78, 5) is 21.6. The van der Waals surface area contributed by atoms with E-state index in [1.807, 2.05) is 13.8 Å².